The molecule has 0 unspecified atom stereocenters. The molecular formula is C21H27N3O2. The molecule has 138 valence electrons. The summed E-state index contributed by atoms with van der Waals surface area (Å²) in [6.07, 6.45) is 5.04. The van der Waals surface area contributed by atoms with Gasteiger partial charge in [0.25, 0.3) is 0 Å². The third-order valence-corrected chi connectivity index (χ3v) is 4.58. The van der Waals surface area contributed by atoms with Crippen molar-refractivity contribution >= 4 is 11.6 Å². The van der Waals surface area contributed by atoms with E-state index in [4.69, 9.17) is 15.2 Å². The highest BCUT2D eigenvalue weighted by Gasteiger charge is 2.18. The first-order valence-electron chi connectivity index (χ1n) is 9.11. The molecule has 2 aromatic carbocycles. The Balaban J connectivity index is 1.62. The molecule has 3 rings (SSSR count). The SMILES string of the molecule is COc1cc(CN=C(N)Nc2ccc(C)cc2)ccc1OC1CCCC1. The van der Waals surface area contributed by atoms with E-state index in [1.54, 1.807) is 7.11 Å². The number of benzene rings is 2. The minimum atomic E-state index is 0.308. The van der Waals surface area contributed by atoms with Crippen molar-refractivity contribution in [1.29, 1.82) is 0 Å². The number of hydrogen-bond donors (Lipinski definition) is 2. The summed E-state index contributed by atoms with van der Waals surface area (Å²) in [6, 6.07) is 14.0. The Hall–Kier alpha value is -2.69. The van der Waals surface area contributed by atoms with Crippen LogP contribution in [-0.2, 0) is 6.54 Å². The molecule has 1 aliphatic carbocycles. The molecule has 0 bridgehead atoms. The molecule has 3 N–H and O–H groups in total. The van der Waals surface area contributed by atoms with Crippen LogP contribution in [0.4, 0.5) is 5.69 Å². The molecule has 0 amide bonds. The van der Waals surface area contributed by atoms with E-state index in [2.05, 4.69) is 17.2 Å². The predicted octanol–water partition coefficient (Wildman–Crippen LogP) is 4.25. The van der Waals surface area contributed by atoms with Gasteiger partial charge in [0.05, 0.1) is 19.8 Å². The quantitative estimate of drug-likeness (QED) is 0.602. The maximum absolute atomic E-state index is 6.07. The smallest absolute Gasteiger partial charge is 0.193 e. The maximum atomic E-state index is 6.07. The third kappa shape index (κ3) is 4.91. The van der Waals surface area contributed by atoms with Gasteiger partial charge in [0.2, 0.25) is 0 Å². The van der Waals surface area contributed by atoms with Gasteiger partial charge in [0.1, 0.15) is 0 Å². The van der Waals surface area contributed by atoms with E-state index in [9.17, 15) is 0 Å². The second kappa shape index (κ2) is 8.61. The second-order valence-corrected chi connectivity index (χ2v) is 6.70. The molecule has 1 saturated carbocycles. The number of hydrogen-bond acceptors (Lipinski definition) is 3. The molecule has 0 radical (unpaired) electrons. The van der Waals surface area contributed by atoms with Gasteiger partial charge in [-0.1, -0.05) is 23.8 Å². The van der Waals surface area contributed by atoms with Crippen LogP contribution in [0.5, 0.6) is 11.5 Å². The van der Waals surface area contributed by atoms with Crippen LogP contribution >= 0.6 is 0 Å². The largest absolute Gasteiger partial charge is 0.493 e. The van der Waals surface area contributed by atoms with Gasteiger partial charge in [-0.2, -0.15) is 0 Å². The molecule has 0 spiro atoms. The van der Waals surface area contributed by atoms with E-state index >= 15 is 0 Å². The molecule has 0 aromatic heterocycles. The molecule has 0 heterocycles. The van der Waals surface area contributed by atoms with Crippen LogP contribution in [0.2, 0.25) is 0 Å². The number of ether oxygens (including phenoxy) is 2. The van der Waals surface area contributed by atoms with Gasteiger partial charge >= 0.3 is 0 Å². The Morgan fingerprint density at radius 1 is 1.12 bits per heavy atom. The molecule has 1 aliphatic rings. The first kappa shape index (κ1) is 18.1. The number of nitrogens with two attached hydrogens (primary N) is 1. The van der Waals surface area contributed by atoms with Gasteiger partial charge in [-0.25, -0.2) is 4.99 Å². The number of aryl methyl sites for hydroxylation is 1. The fourth-order valence-electron chi connectivity index (χ4n) is 3.09. The normalized spacial score (nSPS) is 15.1. The summed E-state index contributed by atoms with van der Waals surface area (Å²) in [6.45, 7) is 2.53. The van der Waals surface area contributed by atoms with Gasteiger partial charge < -0.3 is 20.5 Å². The molecule has 26 heavy (non-hydrogen) atoms. The standard InChI is InChI=1S/C21H27N3O2/c1-15-7-10-17(11-8-15)24-21(22)23-14-16-9-12-19(20(13-16)25-2)26-18-5-3-4-6-18/h7-13,18H,3-6,14H2,1-2H3,(H3,22,23,24). The lowest BCUT2D eigenvalue weighted by molar-refractivity contribution is 0.200. The Kier molecular flexibility index (Phi) is 6.00. The molecule has 0 atom stereocenters. The summed E-state index contributed by atoms with van der Waals surface area (Å²) in [5.41, 5.74) is 9.14. The maximum Gasteiger partial charge on any atom is 0.193 e. The highest BCUT2D eigenvalue weighted by atomic mass is 16.5. The number of nitrogens with one attached hydrogen (secondary N) is 1. The van der Waals surface area contributed by atoms with Crippen LogP contribution in [0.15, 0.2) is 47.5 Å². The van der Waals surface area contributed by atoms with Crippen LogP contribution in [0.25, 0.3) is 0 Å². The van der Waals surface area contributed by atoms with Crippen molar-refractivity contribution in [2.75, 3.05) is 12.4 Å². The minimum Gasteiger partial charge on any atom is -0.493 e. The van der Waals surface area contributed by atoms with Crippen LogP contribution < -0.4 is 20.5 Å². The van der Waals surface area contributed by atoms with Crippen molar-refractivity contribution in [3.63, 3.8) is 0 Å². The third-order valence-electron chi connectivity index (χ3n) is 4.58. The summed E-state index contributed by atoms with van der Waals surface area (Å²) < 4.78 is 11.6. The zero-order valence-electron chi connectivity index (χ0n) is 15.5. The number of methoxy groups -OCH3 is 1. The zero-order valence-corrected chi connectivity index (χ0v) is 15.5. The van der Waals surface area contributed by atoms with Crippen molar-refractivity contribution in [3.05, 3.63) is 53.6 Å². The van der Waals surface area contributed by atoms with Crippen LogP contribution in [0.3, 0.4) is 0 Å². The fraction of sp³-hybridized carbons (Fsp3) is 0.381. The van der Waals surface area contributed by atoms with E-state index in [1.165, 1.54) is 18.4 Å². The molecule has 1 fully saturated rings. The first-order valence-corrected chi connectivity index (χ1v) is 9.11. The van der Waals surface area contributed by atoms with Gasteiger partial charge in [-0.3, -0.25) is 0 Å². The Bertz CT molecular complexity index is 750. The fourth-order valence-corrected chi connectivity index (χ4v) is 3.09. The number of anilines is 1. The topological polar surface area (TPSA) is 68.9 Å². The lowest BCUT2D eigenvalue weighted by atomic mass is 10.2. The summed E-state index contributed by atoms with van der Waals surface area (Å²) in [5.74, 6) is 1.94. The monoisotopic (exact) mass is 353 g/mol. The highest BCUT2D eigenvalue weighted by molar-refractivity contribution is 5.92. The average Bonchev–Trinajstić information content (AvgIpc) is 3.16. The Morgan fingerprint density at radius 2 is 1.85 bits per heavy atom. The van der Waals surface area contributed by atoms with E-state index < -0.39 is 0 Å². The summed E-state index contributed by atoms with van der Waals surface area (Å²) in [7, 11) is 1.66. The average molecular weight is 353 g/mol. The number of guanidine groups is 1. The summed E-state index contributed by atoms with van der Waals surface area (Å²) >= 11 is 0. The van der Waals surface area contributed by atoms with Crippen molar-refractivity contribution in [1.82, 2.24) is 0 Å². The van der Waals surface area contributed by atoms with E-state index in [0.29, 0.717) is 18.6 Å². The summed E-state index contributed by atoms with van der Waals surface area (Å²) in [5, 5.41) is 3.10. The van der Waals surface area contributed by atoms with Gasteiger partial charge in [0.15, 0.2) is 17.5 Å². The predicted molar refractivity (Wildman–Crippen MR) is 106 cm³/mol. The van der Waals surface area contributed by atoms with Crippen molar-refractivity contribution in [2.24, 2.45) is 10.7 Å². The molecule has 0 aliphatic heterocycles. The van der Waals surface area contributed by atoms with Crippen molar-refractivity contribution < 1.29 is 9.47 Å². The minimum absolute atomic E-state index is 0.308. The van der Waals surface area contributed by atoms with Gasteiger partial charge in [-0.15, -0.1) is 0 Å². The number of rotatable bonds is 6. The van der Waals surface area contributed by atoms with E-state index in [-0.39, 0.29) is 0 Å². The van der Waals surface area contributed by atoms with Crippen LogP contribution in [0, 0.1) is 6.92 Å². The number of aliphatic imine (C=N–C) groups is 1. The van der Waals surface area contributed by atoms with Crippen LogP contribution in [-0.4, -0.2) is 19.2 Å². The molecule has 5 heteroatoms. The van der Waals surface area contributed by atoms with Crippen molar-refractivity contribution in [3.8, 4) is 11.5 Å². The van der Waals surface area contributed by atoms with Gasteiger partial charge in [0, 0.05) is 5.69 Å². The molecular weight excluding hydrogens is 326 g/mol. The van der Waals surface area contributed by atoms with E-state index in [1.807, 2.05) is 42.5 Å². The highest BCUT2D eigenvalue weighted by Crippen LogP contribution is 2.32. The second-order valence-electron chi connectivity index (χ2n) is 6.70. The summed E-state index contributed by atoms with van der Waals surface area (Å²) in [4.78, 5) is 4.41. The molecule has 2 aromatic rings. The zero-order chi connectivity index (χ0) is 18.4. The van der Waals surface area contributed by atoms with Crippen molar-refractivity contribution in [2.45, 2.75) is 45.3 Å². The first-order chi connectivity index (χ1) is 12.6. The molecule has 5 nitrogen and oxygen atoms in total. The van der Waals surface area contributed by atoms with Crippen LogP contribution in [0.1, 0.15) is 36.8 Å². The molecule has 0 saturated heterocycles. The number of nitrogens with zero attached hydrogens (tertiary/aromatic N) is 1. The van der Waals surface area contributed by atoms with Gasteiger partial charge in [-0.05, 0) is 62.4 Å². The van der Waals surface area contributed by atoms with E-state index in [0.717, 1.165) is 35.6 Å². The lowest BCUT2D eigenvalue weighted by Crippen LogP contribution is -2.22. The Labute approximate surface area is 155 Å². The Morgan fingerprint density at radius 3 is 2.54 bits per heavy atom. The lowest BCUT2D eigenvalue weighted by Gasteiger charge is -2.16.